The lowest BCUT2D eigenvalue weighted by atomic mass is 9.95. The number of anilines is 1. The number of rotatable bonds is 4. The Bertz CT molecular complexity index is 584. The summed E-state index contributed by atoms with van der Waals surface area (Å²) >= 11 is 1.66. The molecule has 0 spiro atoms. The Kier molecular flexibility index (Phi) is 5.26. The summed E-state index contributed by atoms with van der Waals surface area (Å²) in [5.74, 6) is -0.122. The number of hydrogen-bond acceptors (Lipinski definition) is 3. The summed E-state index contributed by atoms with van der Waals surface area (Å²) < 4.78 is 0. The van der Waals surface area contributed by atoms with Crippen molar-refractivity contribution in [3.05, 3.63) is 24.3 Å². The number of carbonyl (C=O) groups is 2. The van der Waals surface area contributed by atoms with E-state index in [0.717, 1.165) is 23.4 Å². The first-order valence-corrected chi connectivity index (χ1v) is 9.64. The molecule has 5 heteroatoms. The summed E-state index contributed by atoms with van der Waals surface area (Å²) in [7, 11) is 0. The van der Waals surface area contributed by atoms with Gasteiger partial charge in [-0.15, -0.1) is 11.8 Å². The van der Waals surface area contributed by atoms with Crippen LogP contribution >= 0.6 is 11.8 Å². The highest BCUT2D eigenvalue weighted by Crippen LogP contribution is 2.28. The summed E-state index contributed by atoms with van der Waals surface area (Å²) in [5.41, 5.74) is 0.898. The molecule has 1 atom stereocenters. The minimum atomic E-state index is -0.220. The fourth-order valence-corrected chi connectivity index (χ4v) is 3.93. The van der Waals surface area contributed by atoms with E-state index in [0.29, 0.717) is 19.0 Å². The molecule has 4 nitrogen and oxygen atoms in total. The van der Waals surface area contributed by atoms with Crippen molar-refractivity contribution in [2.45, 2.75) is 49.5 Å². The van der Waals surface area contributed by atoms with Crippen molar-refractivity contribution in [1.82, 2.24) is 5.32 Å². The average molecular weight is 332 g/mol. The molecule has 2 amide bonds. The molecule has 0 aromatic heterocycles. The molecule has 0 radical (unpaired) electrons. The summed E-state index contributed by atoms with van der Waals surface area (Å²) in [5, 5.41) is 3.15. The Morgan fingerprint density at radius 1 is 1.26 bits per heavy atom. The van der Waals surface area contributed by atoms with Gasteiger partial charge in [0.1, 0.15) is 0 Å². The molecule has 1 aliphatic carbocycles. The molecule has 23 heavy (non-hydrogen) atoms. The highest BCUT2D eigenvalue weighted by molar-refractivity contribution is 7.98. The maximum atomic E-state index is 12.5. The van der Waals surface area contributed by atoms with E-state index in [9.17, 15) is 9.59 Å². The van der Waals surface area contributed by atoms with Gasteiger partial charge in [0.2, 0.25) is 11.8 Å². The van der Waals surface area contributed by atoms with Gasteiger partial charge in [0, 0.05) is 29.6 Å². The van der Waals surface area contributed by atoms with Crippen LogP contribution in [-0.4, -0.2) is 30.7 Å². The van der Waals surface area contributed by atoms with Crippen LogP contribution < -0.4 is 10.2 Å². The van der Waals surface area contributed by atoms with Crippen LogP contribution in [0.25, 0.3) is 0 Å². The highest BCUT2D eigenvalue weighted by atomic mass is 32.2. The standard InChI is InChI=1S/C18H24N2O2S/c1-23-16-9-5-8-15(11-16)20-12-13(10-17(20)21)18(22)19-14-6-3-2-4-7-14/h5,8-9,11,13-14H,2-4,6-7,10,12H2,1H3,(H,19,22). The number of carbonyl (C=O) groups excluding carboxylic acids is 2. The van der Waals surface area contributed by atoms with E-state index in [4.69, 9.17) is 0 Å². The largest absolute Gasteiger partial charge is 0.353 e. The number of nitrogens with one attached hydrogen (secondary N) is 1. The van der Waals surface area contributed by atoms with Gasteiger partial charge in [-0.1, -0.05) is 25.3 Å². The molecule has 2 aliphatic rings. The molecular weight excluding hydrogens is 308 g/mol. The molecule has 1 heterocycles. The van der Waals surface area contributed by atoms with Gasteiger partial charge in [-0.3, -0.25) is 9.59 Å². The van der Waals surface area contributed by atoms with Crippen LogP contribution in [0.2, 0.25) is 0 Å². The van der Waals surface area contributed by atoms with Gasteiger partial charge in [-0.2, -0.15) is 0 Å². The van der Waals surface area contributed by atoms with E-state index in [1.807, 2.05) is 30.5 Å². The van der Waals surface area contributed by atoms with E-state index in [1.165, 1.54) is 19.3 Å². The van der Waals surface area contributed by atoms with Crippen LogP contribution in [0.4, 0.5) is 5.69 Å². The van der Waals surface area contributed by atoms with Crippen LogP contribution in [0.15, 0.2) is 29.2 Å². The van der Waals surface area contributed by atoms with E-state index >= 15 is 0 Å². The number of amides is 2. The normalized spacial score (nSPS) is 22.4. The second-order valence-corrected chi connectivity index (χ2v) is 7.33. The predicted molar refractivity (Wildman–Crippen MR) is 93.7 cm³/mol. The maximum absolute atomic E-state index is 12.5. The third-order valence-corrected chi connectivity index (χ3v) is 5.54. The monoisotopic (exact) mass is 332 g/mol. The van der Waals surface area contributed by atoms with Crippen LogP contribution in [-0.2, 0) is 9.59 Å². The minimum Gasteiger partial charge on any atom is -0.353 e. The predicted octanol–water partition coefficient (Wildman–Crippen LogP) is 3.21. The van der Waals surface area contributed by atoms with Gasteiger partial charge >= 0.3 is 0 Å². The van der Waals surface area contributed by atoms with Gasteiger partial charge in [0.25, 0.3) is 0 Å². The van der Waals surface area contributed by atoms with Gasteiger partial charge in [-0.05, 0) is 37.3 Å². The van der Waals surface area contributed by atoms with E-state index in [1.54, 1.807) is 16.7 Å². The molecule has 0 bridgehead atoms. The molecule has 124 valence electrons. The highest BCUT2D eigenvalue weighted by Gasteiger charge is 2.35. The topological polar surface area (TPSA) is 49.4 Å². The molecule has 1 N–H and O–H groups in total. The van der Waals surface area contributed by atoms with Crippen LogP contribution in [0.1, 0.15) is 38.5 Å². The van der Waals surface area contributed by atoms with Gasteiger partial charge < -0.3 is 10.2 Å². The summed E-state index contributed by atoms with van der Waals surface area (Å²) in [6, 6.07) is 8.26. The first-order chi connectivity index (χ1) is 11.2. The van der Waals surface area contributed by atoms with Crippen molar-refractivity contribution in [2.24, 2.45) is 5.92 Å². The van der Waals surface area contributed by atoms with Crippen molar-refractivity contribution >= 4 is 29.3 Å². The molecule has 1 aromatic rings. The summed E-state index contributed by atoms with van der Waals surface area (Å²) in [6.45, 7) is 0.495. The zero-order chi connectivity index (χ0) is 16.2. The van der Waals surface area contributed by atoms with Gasteiger partial charge in [0.05, 0.1) is 5.92 Å². The molecule has 1 saturated heterocycles. The average Bonchev–Trinajstić information content (AvgIpc) is 2.98. The third-order valence-electron chi connectivity index (χ3n) is 4.81. The lowest BCUT2D eigenvalue weighted by molar-refractivity contribution is -0.127. The Morgan fingerprint density at radius 3 is 2.78 bits per heavy atom. The molecular formula is C18H24N2O2S. The van der Waals surface area contributed by atoms with Crippen molar-refractivity contribution in [2.75, 3.05) is 17.7 Å². The molecule has 1 aromatic carbocycles. The number of nitrogens with zero attached hydrogens (tertiary/aromatic N) is 1. The Labute approximate surface area is 142 Å². The van der Waals surface area contributed by atoms with Crippen LogP contribution in [0.5, 0.6) is 0 Å². The van der Waals surface area contributed by atoms with Crippen molar-refractivity contribution in [1.29, 1.82) is 0 Å². The Hall–Kier alpha value is -1.49. The number of thioether (sulfide) groups is 1. The molecule has 1 unspecified atom stereocenters. The fraction of sp³-hybridized carbons (Fsp3) is 0.556. The van der Waals surface area contributed by atoms with Crippen molar-refractivity contribution in [3.8, 4) is 0 Å². The zero-order valence-electron chi connectivity index (χ0n) is 13.6. The Balaban J connectivity index is 1.63. The first kappa shape index (κ1) is 16.4. The lowest BCUT2D eigenvalue weighted by Crippen LogP contribution is -2.40. The van der Waals surface area contributed by atoms with Crippen LogP contribution in [0, 0.1) is 5.92 Å². The van der Waals surface area contributed by atoms with E-state index in [2.05, 4.69) is 5.32 Å². The van der Waals surface area contributed by atoms with Gasteiger partial charge in [-0.25, -0.2) is 0 Å². The summed E-state index contributed by atoms with van der Waals surface area (Å²) in [6.07, 6.45) is 8.16. The lowest BCUT2D eigenvalue weighted by Gasteiger charge is -2.24. The third kappa shape index (κ3) is 3.89. The van der Waals surface area contributed by atoms with E-state index < -0.39 is 0 Å². The quantitative estimate of drug-likeness (QED) is 0.861. The molecule has 2 fully saturated rings. The SMILES string of the molecule is CSc1cccc(N2CC(C(=O)NC3CCCCC3)CC2=O)c1. The first-order valence-electron chi connectivity index (χ1n) is 8.42. The second kappa shape index (κ2) is 7.39. The van der Waals surface area contributed by atoms with E-state index in [-0.39, 0.29) is 17.7 Å². The van der Waals surface area contributed by atoms with Crippen LogP contribution in [0.3, 0.4) is 0 Å². The van der Waals surface area contributed by atoms with Gasteiger partial charge in [0.15, 0.2) is 0 Å². The van der Waals surface area contributed by atoms with Crippen molar-refractivity contribution in [3.63, 3.8) is 0 Å². The molecule has 1 saturated carbocycles. The second-order valence-electron chi connectivity index (χ2n) is 6.45. The number of benzene rings is 1. The fourth-order valence-electron chi connectivity index (χ4n) is 3.48. The Morgan fingerprint density at radius 2 is 2.04 bits per heavy atom. The minimum absolute atomic E-state index is 0.0482. The number of hydrogen-bond donors (Lipinski definition) is 1. The maximum Gasteiger partial charge on any atom is 0.227 e. The molecule has 1 aliphatic heterocycles. The summed E-state index contributed by atoms with van der Waals surface area (Å²) in [4.78, 5) is 27.7. The zero-order valence-corrected chi connectivity index (χ0v) is 14.4. The smallest absolute Gasteiger partial charge is 0.227 e. The van der Waals surface area contributed by atoms with Crippen molar-refractivity contribution < 1.29 is 9.59 Å². The molecule has 3 rings (SSSR count).